The first-order chi connectivity index (χ1) is 22.9. The van der Waals surface area contributed by atoms with Gasteiger partial charge in [0.05, 0.1) is 0 Å². The van der Waals surface area contributed by atoms with E-state index < -0.39 is 0 Å². The maximum atomic E-state index is 11.7. The zero-order chi connectivity index (χ0) is 35.1. The molecule has 0 spiro atoms. The lowest BCUT2D eigenvalue weighted by Gasteiger charge is -2.04. The molecule has 2 rings (SSSR count). The Balaban J connectivity index is 0. The number of hydrogen-bond donors (Lipinski definition) is 2. The van der Waals surface area contributed by atoms with E-state index in [9.17, 15) is 9.59 Å². The molecule has 0 bridgehead atoms. The fourth-order valence-corrected chi connectivity index (χ4v) is 9.83. The first-order valence-corrected chi connectivity index (χ1v) is 23.9. The summed E-state index contributed by atoms with van der Waals surface area (Å²) in [5.74, 6) is 1.29. The van der Waals surface area contributed by atoms with Gasteiger partial charge in [-0.3, -0.25) is 9.59 Å². The second-order valence-corrected chi connectivity index (χ2v) is 18.3. The van der Waals surface area contributed by atoms with Gasteiger partial charge in [0.2, 0.25) is 11.1 Å². The molecule has 2 aromatic heterocycles. The Labute approximate surface area is 311 Å². The lowest BCUT2D eigenvalue weighted by atomic mass is 10.1. The first kappa shape index (κ1) is 48.0. The molecule has 0 fully saturated rings. The summed E-state index contributed by atoms with van der Waals surface area (Å²) < 4.78 is 0. The number of nitrogens with one attached hydrogen (secondary N) is 1. The number of unbranched alkanes of at least 4 members (excludes halogenated alkanes) is 16. The highest BCUT2D eigenvalue weighted by Crippen LogP contribution is 2.12. The molecule has 3 N–H and O–H groups in total. The van der Waals surface area contributed by atoms with Crippen LogP contribution in [-0.2, 0) is 67.5 Å². The van der Waals surface area contributed by atoms with E-state index in [4.69, 9.17) is 17.3 Å². The Morgan fingerprint density at radius 2 is 1.09 bits per heavy atom. The molecule has 0 unspecified atom stereocenters. The van der Waals surface area contributed by atoms with E-state index in [1.165, 1.54) is 125 Å². The molecule has 0 aliphatic carbocycles. The van der Waals surface area contributed by atoms with E-state index in [1.54, 1.807) is 18.5 Å². The van der Waals surface area contributed by atoms with Crippen LogP contribution in [-0.4, -0.2) is 21.1 Å². The van der Waals surface area contributed by atoms with E-state index in [-0.39, 0.29) is 11.1 Å². The molecular weight excluding hydrogens is 724 g/mol. The van der Waals surface area contributed by atoms with Gasteiger partial charge in [0.25, 0.3) is 0 Å². The van der Waals surface area contributed by atoms with Gasteiger partial charge in [0, 0.05) is 83.1 Å². The summed E-state index contributed by atoms with van der Waals surface area (Å²) in [6, 6.07) is 11.0. The van der Waals surface area contributed by atoms with Crippen molar-refractivity contribution in [2.75, 3.05) is 11.1 Å². The molecule has 6 nitrogen and oxygen atoms in total. The van der Waals surface area contributed by atoms with Gasteiger partial charge in [-0.05, 0) is 48.7 Å². The standard InChI is InChI=1S/C17H28N2O.C12H23ClO.C5H6N2.S6/c1-2-3-4-5-6-7-8-9-10-14-17(20)19-16-13-11-12-15-18-16;1-2-3-4-5-6-7-8-9-10-11-12(13)14;6-5-3-1-2-4-7-5;1-3-5-6-4-2/h11-13,15H,2-10,14H2,1H3,(H,18,19,20);2-11H2,1H3;1-4H,(H2,6,7);. The third-order valence-corrected chi connectivity index (χ3v) is 13.5. The van der Waals surface area contributed by atoms with Crippen LogP contribution >= 0.6 is 11.6 Å². The molecule has 2 aromatic rings. The average Bonchev–Trinajstić information content (AvgIpc) is 3.07. The van der Waals surface area contributed by atoms with Crippen molar-refractivity contribution in [2.24, 2.45) is 0 Å². The molecule has 13 heteroatoms. The van der Waals surface area contributed by atoms with Crippen LogP contribution in [0.2, 0.25) is 0 Å². The maximum Gasteiger partial charge on any atom is 0.225 e. The average molecular weight is 782 g/mol. The van der Waals surface area contributed by atoms with Crippen molar-refractivity contribution in [1.82, 2.24) is 9.97 Å². The number of carbonyl (C=O) groups is 2. The molecule has 0 saturated carbocycles. The van der Waals surface area contributed by atoms with Crippen molar-refractivity contribution in [2.45, 2.75) is 142 Å². The smallest absolute Gasteiger partial charge is 0.225 e. The molecule has 0 aliphatic heterocycles. The van der Waals surface area contributed by atoms with E-state index in [0.717, 1.165) is 25.7 Å². The Morgan fingerprint density at radius 3 is 1.43 bits per heavy atom. The first-order valence-electron chi connectivity index (χ1n) is 16.9. The van der Waals surface area contributed by atoms with Gasteiger partial charge in [0.15, 0.2) is 0 Å². The van der Waals surface area contributed by atoms with Gasteiger partial charge in [-0.2, -0.15) is 0 Å². The lowest BCUT2D eigenvalue weighted by molar-refractivity contribution is -0.116. The Kier molecular flexibility index (Phi) is 41.9. The van der Waals surface area contributed by atoms with Crippen LogP contribution in [0.25, 0.3) is 0 Å². The fourth-order valence-electron chi connectivity index (χ4n) is 4.21. The molecule has 0 aliphatic rings. The van der Waals surface area contributed by atoms with Gasteiger partial charge in [0.1, 0.15) is 11.6 Å². The number of carbonyl (C=O) groups excluding carboxylic acids is 2. The van der Waals surface area contributed by atoms with Gasteiger partial charge >= 0.3 is 0 Å². The number of hydrogen-bond acceptors (Lipinski definition) is 7. The molecule has 47 heavy (non-hydrogen) atoms. The number of amides is 1. The summed E-state index contributed by atoms with van der Waals surface area (Å²) in [4.78, 5) is 29.9. The summed E-state index contributed by atoms with van der Waals surface area (Å²) >= 11 is 14.3. The normalized spacial score (nSPS) is 9.60. The minimum atomic E-state index is -0.187. The number of nitrogens with zero attached hydrogens (tertiary/aromatic N) is 2. The molecule has 0 atom stereocenters. The molecule has 1 amide bonds. The minimum Gasteiger partial charge on any atom is -0.384 e. The number of pyridine rings is 2. The molecule has 268 valence electrons. The zero-order valence-electron chi connectivity index (χ0n) is 28.4. The fraction of sp³-hybridized carbons (Fsp3) is 0.647. The molecule has 0 saturated heterocycles. The summed E-state index contributed by atoms with van der Waals surface area (Å²) in [6.45, 7) is 4.49. The lowest BCUT2D eigenvalue weighted by Crippen LogP contribution is -2.11. The van der Waals surface area contributed by atoms with E-state index in [2.05, 4.69) is 51.5 Å². The van der Waals surface area contributed by atoms with Crippen molar-refractivity contribution < 1.29 is 9.59 Å². The zero-order valence-corrected chi connectivity index (χ0v) is 34.0. The van der Waals surface area contributed by atoms with Crippen LogP contribution < -0.4 is 11.1 Å². The van der Waals surface area contributed by atoms with E-state index in [0.29, 0.717) is 24.5 Å². The Morgan fingerprint density at radius 1 is 0.660 bits per heavy atom. The Hall–Kier alpha value is -1.15. The van der Waals surface area contributed by atoms with E-state index >= 15 is 0 Å². The minimum absolute atomic E-state index is 0.0756. The Bertz CT molecular complexity index is 1140. The number of aromatic nitrogens is 2. The summed E-state index contributed by atoms with van der Waals surface area (Å²) in [7, 11) is 5.63. The van der Waals surface area contributed by atoms with Crippen LogP contribution in [0, 0.1) is 0 Å². The highest BCUT2D eigenvalue weighted by molar-refractivity contribution is 8.64. The summed E-state index contributed by atoms with van der Waals surface area (Å²) in [5, 5.41) is 2.63. The van der Waals surface area contributed by atoms with Crippen LogP contribution in [0.4, 0.5) is 11.6 Å². The molecule has 0 radical (unpaired) electrons. The third-order valence-electron chi connectivity index (χ3n) is 6.69. The van der Waals surface area contributed by atoms with Crippen LogP contribution in [0.15, 0.2) is 48.8 Å². The highest BCUT2D eigenvalue weighted by Gasteiger charge is 2.02. The number of anilines is 2. The quantitative estimate of drug-likeness (QED) is 0.0961. The van der Waals surface area contributed by atoms with Crippen LogP contribution in [0.3, 0.4) is 0 Å². The van der Waals surface area contributed by atoms with E-state index in [1.807, 2.05) is 30.3 Å². The van der Waals surface area contributed by atoms with Gasteiger partial charge in [-0.1, -0.05) is 129 Å². The largest absolute Gasteiger partial charge is 0.384 e. The number of nitrogens with two attached hydrogens (primary N) is 1. The molecular formula is C34H57ClN4O2S6. The van der Waals surface area contributed by atoms with Gasteiger partial charge in [-0.25, -0.2) is 9.97 Å². The van der Waals surface area contributed by atoms with Crippen molar-refractivity contribution in [3.63, 3.8) is 0 Å². The number of rotatable bonds is 21. The predicted octanol–water partition coefficient (Wildman–Crippen LogP) is 10.3. The second-order valence-electron chi connectivity index (χ2n) is 10.8. The number of halogens is 1. The van der Waals surface area contributed by atoms with Crippen molar-refractivity contribution >= 4 is 92.3 Å². The second kappa shape index (κ2) is 41.0. The topological polar surface area (TPSA) is 98.0 Å². The van der Waals surface area contributed by atoms with Crippen LogP contribution in [0.1, 0.15) is 142 Å². The third kappa shape index (κ3) is 42.8. The predicted molar refractivity (Wildman–Crippen MR) is 220 cm³/mol. The molecule has 2 heterocycles. The van der Waals surface area contributed by atoms with Gasteiger partial charge < -0.3 is 11.1 Å². The van der Waals surface area contributed by atoms with Gasteiger partial charge in [-0.15, -0.1) is 0 Å². The van der Waals surface area contributed by atoms with Crippen molar-refractivity contribution in [3.8, 4) is 0 Å². The van der Waals surface area contributed by atoms with Crippen LogP contribution in [0.5, 0.6) is 0 Å². The van der Waals surface area contributed by atoms with Crippen molar-refractivity contribution in [3.05, 3.63) is 48.8 Å². The summed E-state index contributed by atoms with van der Waals surface area (Å²) in [5.41, 5.74) is 5.25. The maximum absolute atomic E-state index is 11.7. The molecule has 0 aromatic carbocycles. The monoisotopic (exact) mass is 780 g/mol. The highest BCUT2D eigenvalue weighted by atomic mass is 35.5. The van der Waals surface area contributed by atoms with Crippen molar-refractivity contribution in [1.29, 1.82) is 0 Å². The SMILES string of the molecule is CCCCCCCCCCCC(=O)Cl.CCCCCCCCCCCC(=O)Nc1ccccn1.Nc1ccccn1.S=S=S=S=S=S. The summed E-state index contributed by atoms with van der Waals surface area (Å²) in [6.07, 6.45) is 27.5. The number of nitrogen functional groups attached to an aromatic ring is 1.